The van der Waals surface area contributed by atoms with Crippen LogP contribution in [-0.4, -0.2) is 29.1 Å². The van der Waals surface area contributed by atoms with E-state index in [9.17, 15) is 4.79 Å². The average Bonchev–Trinajstić information content (AvgIpc) is 2.35. The number of rotatable bonds is 5. The molecule has 100 valence electrons. The third kappa shape index (κ3) is 3.68. The van der Waals surface area contributed by atoms with Crippen molar-refractivity contribution in [1.29, 1.82) is 0 Å². The predicted octanol–water partition coefficient (Wildman–Crippen LogP) is 2.21. The van der Waals surface area contributed by atoms with E-state index in [0.717, 1.165) is 5.69 Å². The summed E-state index contributed by atoms with van der Waals surface area (Å²) in [6, 6.07) is 1.47. The van der Waals surface area contributed by atoms with Crippen LogP contribution in [0.2, 0.25) is 0 Å². The summed E-state index contributed by atoms with van der Waals surface area (Å²) in [5.41, 5.74) is 0.944. The number of hydrogen-bond donors (Lipinski definition) is 1. The first-order valence-corrected chi connectivity index (χ1v) is 6.12. The fraction of sp³-hybridized carbons (Fsp3) is 0.615. The van der Waals surface area contributed by atoms with Crippen LogP contribution in [0.5, 0.6) is 0 Å². The first-order chi connectivity index (χ1) is 8.45. The third-order valence-corrected chi connectivity index (χ3v) is 2.70. The summed E-state index contributed by atoms with van der Waals surface area (Å²) in [7, 11) is 1.39. The molecule has 18 heavy (non-hydrogen) atoms. The summed E-state index contributed by atoms with van der Waals surface area (Å²) in [6.45, 7) is 8.04. The van der Waals surface area contributed by atoms with Gasteiger partial charge in [-0.3, -0.25) is 0 Å². The minimum atomic E-state index is -0.398. The number of nitrogens with one attached hydrogen (secondary N) is 1. The van der Waals surface area contributed by atoms with E-state index in [1.807, 2.05) is 19.9 Å². The molecule has 0 amide bonds. The van der Waals surface area contributed by atoms with Crippen molar-refractivity contribution in [2.75, 3.05) is 12.4 Å². The van der Waals surface area contributed by atoms with Gasteiger partial charge in [0.15, 0.2) is 0 Å². The van der Waals surface area contributed by atoms with Crippen molar-refractivity contribution in [3.05, 3.63) is 18.1 Å². The molecule has 5 heteroatoms. The van der Waals surface area contributed by atoms with E-state index in [2.05, 4.69) is 29.1 Å². The number of hydrogen-bond acceptors (Lipinski definition) is 5. The highest BCUT2D eigenvalue weighted by atomic mass is 16.5. The maximum atomic E-state index is 11.6. The van der Waals surface area contributed by atoms with Crippen LogP contribution in [0, 0.1) is 5.92 Å². The third-order valence-electron chi connectivity index (χ3n) is 2.70. The maximum absolute atomic E-state index is 11.6. The molecule has 1 aromatic rings. The highest BCUT2D eigenvalue weighted by Crippen LogP contribution is 2.16. The van der Waals surface area contributed by atoms with Crippen molar-refractivity contribution in [2.24, 2.45) is 5.92 Å². The fourth-order valence-corrected chi connectivity index (χ4v) is 1.55. The van der Waals surface area contributed by atoms with Crippen LogP contribution in [-0.2, 0) is 9.53 Å². The molecule has 0 fully saturated rings. The largest absolute Gasteiger partial charge is 0.467 e. The maximum Gasteiger partial charge on any atom is 0.328 e. The summed E-state index contributed by atoms with van der Waals surface area (Å²) in [5.74, 6) is 0.812. The number of methoxy groups -OCH3 is 1. The van der Waals surface area contributed by atoms with Crippen LogP contribution in [0.15, 0.2) is 12.4 Å². The summed E-state index contributed by atoms with van der Waals surface area (Å²) in [4.78, 5) is 20.0. The van der Waals surface area contributed by atoms with Crippen molar-refractivity contribution >= 4 is 11.8 Å². The average molecular weight is 251 g/mol. The first kappa shape index (κ1) is 14.4. The molecule has 0 aliphatic carbocycles. The number of carbonyl (C=O) groups is 1. The second kappa shape index (κ2) is 6.33. The summed E-state index contributed by atoms with van der Waals surface area (Å²) < 4.78 is 4.78. The van der Waals surface area contributed by atoms with Crippen LogP contribution in [0.1, 0.15) is 39.3 Å². The zero-order chi connectivity index (χ0) is 13.7. The van der Waals surface area contributed by atoms with Gasteiger partial charge < -0.3 is 10.1 Å². The molecule has 0 spiro atoms. The van der Waals surface area contributed by atoms with Gasteiger partial charge in [-0.15, -0.1) is 0 Å². The summed E-state index contributed by atoms with van der Waals surface area (Å²) in [5, 5.41) is 3.10. The lowest BCUT2D eigenvalue weighted by Crippen LogP contribution is -2.35. The molecule has 0 saturated heterocycles. The molecule has 1 unspecified atom stereocenters. The van der Waals surface area contributed by atoms with Crippen LogP contribution in [0.25, 0.3) is 0 Å². The van der Waals surface area contributed by atoms with Crippen molar-refractivity contribution in [1.82, 2.24) is 9.97 Å². The summed E-state index contributed by atoms with van der Waals surface area (Å²) in [6.07, 6.45) is 1.51. The fourth-order valence-electron chi connectivity index (χ4n) is 1.55. The molecular formula is C13H21N3O2. The first-order valence-electron chi connectivity index (χ1n) is 6.12. The lowest BCUT2D eigenvalue weighted by Gasteiger charge is -2.20. The second-order valence-electron chi connectivity index (χ2n) is 4.87. The van der Waals surface area contributed by atoms with E-state index < -0.39 is 6.04 Å². The Balaban J connectivity index is 2.87. The smallest absolute Gasteiger partial charge is 0.328 e. The Morgan fingerprint density at radius 1 is 1.28 bits per heavy atom. The Morgan fingerprint density at radius 3 is 2.44 bits per heavy atom. The molecule has 0 bridgehead atoms. The van der Waals surface area contributed by atoms with Gasteiger partial charge in [0.25, 0.3) is 0 Å². The number of ether oxygens (including phenoxy) is 1. The predicted molar refractivity (Wildman–Crippen MR) is 70.4 cm³/mol. The van der Waals surface area contributed by atoms with Crippen LogP contribution in [0.4, 0.5) is 5.82 Å². The summed E-state index contributed by atoms with van der Waals surface area (Å²) >= 11 is 0. The highest BCUT2D eigenvalue weighted by molar-refractivity contribution is 5.79. The molecule has 1 rings (SSSR count). The monoisotopic (exact) mass is 251 g/mol. The lowest BCUT2D eigenvalue weighted by atomic mass is 10.0. The van der Waals surface area contributed by atoms with Gasteiger partial charge in [0.05, 0.1) is 7.11 Å². The Bertz CT molecular complexity index is 405. The Morgan fingerprint density at radius 2 is 1.94 bits per heavy atom. The number of anilines is 1. The molecule has 1 N–H and O–H groups in total. The van der Waals surface area contributed by atoms with Gasteiger partial charge >= 0.3 is 5.97 Å². The van der Waals surface area contributed by atoms with Gasteiger partial charge in [0.2, 0.25) is 0 Å². The molecule has 0 radical (unpaired) electrons. The second-order valence-corrected chi connectivity index (χ2v) is 4.87. The van der Waals surface area contributed by atoms with Gasteiger partial charge in [-0.05, 0) is 11.8 Å². The van der Waals surface area contributed by atoms with Crippen LogP contribution < -0.4 is 5.32 Å². The Kier molecular flexibility index (Phi) is 5.07. The van der Waals surface area contributed by atoms with E-state index in [-0.39, 0.29) is 11.9 Å². The van der Waals surface area contributed by atoms with E-state index in [0.29, 0.717) is 11.7 Å². The Labute approximate surface area is 108 Å². The van der Waals surface area contributed by atoms with Crippen LogP contribution >= 0.6 is 0 Å². The number of aromatic nitrogens is 2. The minimum absolute atomic E-state index is 0.120. The van der Waals surface area contributed by atoms with E-state index in [4.69, 9.17) is 4.74 Å². The molecule has 0 saturated carbocycles. The van der Waals surface area contributed by atoms with Gasteiger partial charge in [0, 0.05) is 11.8 Å². The van der Waals surface area contributed by atoms with E-state index >= 15 is 0 Å². The van der Waals surface area contributed by atoms with E-state index in [1.165, 1.54) is 13.4 Å². The highest BCUT2D eigenvalue weighted by Gasteiger charge is 2.23. The molecule has 0 aliphatic rings. The molecule has 5 nitrogen and oxygen atoms in total. The SMILES string of the molecule is COC(=O)C(Nc1cc(C(C)C)ncn1)C(C)C. The number of nitrogens with zero attached hydrogens (tertiary/aromatic N) is 2. The topological polar surface area (TPSA) is 64.1 Å². The zero-order valence-corrected chi connectivity index (χ0v) is 11.6. The quantitative estimate of drug-likeness (QED) is 0.813. The molecule has 0 aliphatic heterocycles. The number of carbonyl (C=O) groups excluding carboxylic acids is 1. The normalized spacial score (nSPS) is 12.6. The standard InChI is InChI=1S/C13H21N3O2/c1-8(2)10-6-11(15-7-14-10)16-12(9(3)4)13(17)18-5/h6-9,12H,1-5H3,(H,14,15,16). The number of esters is 1. The lowest BCUT2D eigenvalue weighted by molar-refractivity contribution is -0.142. The molecule has 1 atom stereocenters. The van der Waals surface area contributed by atoms with Crippen molar-refractivity contribution in [3.8, 4) is 0 Å². The minimum Gasteiger partial charge on any atom is -0.467 e. The zero-order valence-electron chi connectivity index (χ0n) is 11.6. The molecule has 1 aromatic heterocycles. The van der Waals surface area contributed by atoms with Crippen molar-refractivity contribution in [2.45, 2.75) is 39.7 Å². The van der Waals surface area contributed by atoms with Gasteiger partial charge in [0.1, 0.15) is 18.2 Å². The molecule has 1 heterocycles. The van der Waals surface area contributed by atoms with Crippen molar-refractivity contribution in [3.63, 3.8) is 0 Å². The van der Waals surface area contributed by atoms with Crippen LogP contribution in [0.3, 0.4) is 0 Å². The molecule has 0 aromatic carbocycles. The molecular weight excluding hydrogens is 230 g/mol. The van der Waals surface area contributed by atoms with Crippen molar-refractivity contribution < 1.29 is 9.53 Å². The van der Waals surface area contributed by atoms with E-state index in [1.54, 1.807) is 0 Å². The van der Waals surface area contributed by atoms with Gasteiger partial charge in [-0.25, -0.2) is 14.8 Å². The van der Waals surface area contributed by atoms with Gasteiger partial charge in [-0.2, -0.15) is 0 Å². The Hall–Kier alpha value is -1.65. The van der Waals surface area contributed by atoms with Gasteiger partial charge in [-0.1, -0.05) is 27.7 Å².